The molecule has 2 aromatic heterocycles. The third-order valence-electron chi connectivity index (χ3n) is 3.97. The van der Waals surface area contributed by atoms with Gasteiger partial charge in [-0.15, -0.1) is 11.3 Å². The monoisotopic (exact) mass is 325 g/mol. The van der Waals surface area contributed by atoms with Crippen LogP contribution in [0.25, 0.3) is 10.8 Å². The molecule has 0 bridgehead atoms. The number of amides is 1. The molecule has 1 aliphatic heterocycles. The van der Waals surface area contributed by atoms with Crippen LogP contribution in [0.15, 0.2) is 52.4 Å². The molecule has 0 aliphatic carbocycles. The van der Waals surface area contributed by atoms with Crippen LogP contribution in [-0.4, -0.2) is 27.5 Å². The molecule has 5 nitrogen and oxygen atoms in total. The van der Waals surface area contributed by atoms with Crippen molar-refractivity contribution >= 4 is 17.2 Å². The summed E-state index contributed by atoms with van der Waals surface area (Å²) in [5.41, 5.74) is 1.13. The Kier molecular flexibility index (Phi) is 3.67. The van der Waals surface area contributed by atoms with Crippen LogP contribution >= 0.6 is 11.3 Å². The van der Waals surface area contributed by atoms with Gasteiger partial charge in [0, 0.05) is 25.4 Å². The molecule has 1 aliphatic rings. The highest BCUT2D eigenvalue weighted by Gasteiger charge is 2.33. The number of aromatic nitrogens is 2. The van der Waals surface area contributed by atoms with Crippen molar-refractivity contribution in [2.45, 2.75) is 18.9 Å². The third kappa shape index (κ3) is 2.90. The minimum absolute atomic E-state index is 0.00340. The molecule has 0 saturated carbocycles. The lowest BCUT2D eigenvalue weighted by atomic mass is 10.1. The van der Waals surface area contributed by atoms with Crippen molar-refractivity contribution < 1.29 is 9.32 Å². The summed E-state index contributed by atoms with van der Waals surface area (Å²) < 4.78 is 5.33. The van der Waals surface area contributed by atoms with E-state index in [4.69, 9.17) is 4.52 Å². The molecule has 6 heteroatoms. The molecule has 1 atom stereocenters. The lowest BCUT2D eigenvalue weighted by molar-refractivity contribution is -0.128. The smallest absolute Gasteiger partial charge is 0.267 e. The van der Waals surface area contributed by atoms with Gasteiger partial charge in [-0.2, -0.15) is 4.98 Å². The van der Waals surface area contributed by atoms with Gasteiger partial charge in [-0.1, -0.05) is 41.6 Å². The summed E-state index contributed by atoms with van der Waals surface area (Å²) in [6.07, 6.45) is 0.441. The quantitative estimate of drug-likeness (QED) is 0.738. The van der Waals surface area contributed by atoms with E-state index < -0.39 is 0 Å². The van der Waals surface area contributed by atoms with Gasteiger partial charge >= 0.3 is 0 Å². The molecule has 0 radical (unpaired) electrons. The fourth-order valence-electron chi connectivity index (χ4n) is 2.80. The van der Waals surface area contributed by atoms with E-state index in [1.807, 2.05) is 52.7 Å². The SMILES string of the molecule is O=C1CC(c2noc(-c3cccs3)n2)CN1Cc1ccccc1. The van der Waals surface area contributed by atoms with Crippen molar-refractivity contribution in [2.75, 3.05) is 6.54 Å². The molecule has 1 fully saturated rings. The third-order valence-corrected chi connectivity index (χ3v) is 4.83. The zero-order chi connectivity index (χ0) is 15.6. The fraction of sp³-hybridized carbons (Fsp3) is 0.235. The van der Waals surface area contributed by atoms with Gasteiger partial charge in [0.05, 0.1) is 4.88 Å². The maximum Gasteiger partial charge on any atom is 0.267 e. The molecule has 4 rings (SSSR count). The number of rotatable bonds is 4. The van der Waals surface area contributed by atoms with E-state index in [-0.39, 0.29) is 11.8 Å². The molecule has 1 amide bonds. The van der Waals surface area contributed by atoms with E-state index >= 15 is 0 Å². The molecular weight excluding hydrogens is 310 g/mol. The molecule has 3 heterocycles. The lowest BCUT2D eigenvalue weighted by Crippen LogP contribution is -2.24. The van der Waals surface area contributed by atoms with Gasteiger partial charge < -0.3 is 9.42 Å². The molecule has 1 aromatic carbocycles. The van der Waals surface area contributed by atoms with Crippen molar-refractivity contribution in [3.05, 3.63) is 59.2 Å². The Labute approximate surface area is 137 Å². The highest BCUT2D eigenvalue weighted by molar-refractivity contribution is 7.13. The molecule has 116 valence electrons. The first-order valence-electron chi connectivity index (χ1n) is 7.49. The average Bonchev–Trinajstić information content (AvgIpc) is 3.29. The molecule has 1 saturated heterocycles. The molecule has 1 unspecified atom stereocenters. The predicted molar refractivity (Wildman–Crippen MR) is 86.8 cm³/mol. The zero-order valence-corrected chi connectivity index (χ0v) is 13.2. The number of likely N-dealkylation sites (tertiary alicyclic amines) is 1. The number of hydrogen-bond acceptors (Lipinski definition) is 5. The Bertz CT molecular complexity index is 798. The summed E-state index contributed by atoms with van der Waals surface area (Å²) in [6, 6.07) is 13.9. The summed E-state index contributed by atoms with van der Waals surface area (Å²) in [5.74, 6) is 1.30. The van der Waals surface area contributed by atoms with E-state index in [1.54, 1.807) is 11.3 Å². The molecule has 3 aromatic rings. The van der Waals surface area contributed by atoms with E-state index in [0.717, 1.165) is 10.4 Å². The van der Waals surface area contributed by atoms with Crippen LogP contribution in [0.2, 0.25) is 0 Å². The predicted octanol–water partition coefficient (Wildman–Crippen LogP) is 3.31. The van der Waals surface area contributed by atoms with Gasteiger partial charge in [0.15, 0.2) is 5.82 Å². The Morgan fingerprint density at radius 1 is 1.22 bits per heavy atom. The van der Waals surface area contributed by atoms with Gasteiger partial charge in [0.25, 0.3) is 5.89 Å². The summed E-state index contributed by atoms with van der Waals surface area (Å²) >= 11 is 1.56. The number of thiophene rings is 1. The highest BCUT2D eigenvalue weighted by Crippen LogP contribution is 2.30. The van der Waals surface area contributed by atoms with Gasteiger partial charge in [-0.05, 0) is 17.0 Å². The van der Waals surface area contributed by atoms with Gasteiger partial charge in [0.1, 0.15) is 0 Å². The van der Waals surface area contributed by atoms with Gasteiger partial charge in [0.2, 0.25) is 5.91 Å². The maximum absolute atomic E-state index is 12.2. The first-order valence-corrected chi connectivity index (χ1v) is 8.37. The van der Waals surface area contributed by atoms with Crippen LogP contribution in [0.1, 0.15) is 23.7 Å². The van der Waals surface area contributed by atoms with Crippen molar-refractivity contribution in [2.24, 2.45) is 0 Å². The van der Waals surface area contributed by atoms with Crippen LogP contribution in [0.3, 0.4) is 0 Å². The molecular formula is C17H15N3O2S. The van der Waals surface area contributed by atoms with Crippen molar-refractivity contribution in [3.8, 4) is 10.8 Å². The second-order valence-corrected chi connectivity index (χ2v) is 6.54. The Morgan fingerprint density at radius 2 is 2.09 bits per heavy atom. The minimum atomic E-state index is 0.00340. The van der Waals surface area contributed by atoms with Crippen molar-refractivity contribution in [3.63, 3.8) is 0 Å². The fourth-order valence-corrected chi connectivity index (χ4v) is 3.45. The van der Waals surface area contributed by atoms with Gasteiger partial charge in [-0.3, -0.25) is 4.79 Å². The van der Waals surface area contributed by atoms with E-state index in [0.29, 0.717) is 31.2 Å². The summed E-state index contributed by atoms with van der Waals surface area (Å²) in [7, 11) is 0. The van der Waals surface area contributed by atoms with Crippen molar-refractivity contribution in [1.29, 1.82) is 0 Å². The lowest BCUT2D eigenvalue weighted by Gasteiger charge is -2.15. The topological polar surface area (TPSA) is 59.2 Å². The average molecular weight is 325 g/mol. The normalized spacial score (nSPS) is 17.8. The summed E-state index contributed by atoms with van der Waals surface area (Å²) in [4.78, 5) is 19.5. The second-order valence-electron chi connectivity index (χ2n) is 5.60. The molecule has 0 spiro atoms. The Balaban J connectivity index is 1.48. The number of benzene rings is 1. The number of carbonyl (C=O) groups excluding carboxylic acids is 1. The summed E-state index contributed by atoms with van der Waals surface area (Å²) in [5, 5.41) is 6.04. The first-order chi connectivity index (χ1) is 11.3. The van der Waals surface area contributed by atoms with Crippen molar-refractivity contribution in [1.82, 2.24) is 15.0 Å². The van der Waals surface area contributed by atoms with Crippen LogP contribution in [0.5, 0.6) is 0 Å². The zero-order valence-electron chi connectivity index (χ0n) is 12.4. The van der Waals surface area contributed by atoms with Gasteiger partial charge in [-0.25, -0.2) is 0 Å². The number of hydrogen-bond donors (Lipinski definition) is 0. The largest absolute Gasteiger partial charge is 0.338 e. The maximum atomic E-state index is 12.2. The van der Waals surface area contributed by atoms with Crippen LogP contribution in [-0.2, 0) is 11.3 Å². The molecule has 23 heavy (non-hydrogen) atoms. The van der Waals surface area contributed by atoms with E-state index in [1.165, 1.54) is 0 Å². The summed E-state index contributed by atoms with van der Waals surface area (Å²) in [6.45, 7) is 1.27. The number of nitrogens with zero attached hydrogens (tertiary/aromatic N) is 3. The first kappa shape index (κ1) is 14.1. The highest BCUT2D eigenvalue weighted by atomic mass is 32.1. The Morgan fingerprint density at radius 3 is 2.87 bits per heavy atom. The minimum Gasteiger partial charge on any atom is -0.338 e. The van der Waals surface area contributed by atoms with Crippen LogP contribution < -0.4 is 0 Å². The van der Waals surface area contributed by atoms with E-state index in [9.17, 15) is 4.79 Å². The Hall–Kier alpha value is -2.47. The van der Waals surface area contributed by atoms with Crippen LogP contribution in [0.4, 0.5) is 0 Å². The van der Waals surface area contributed by atoms with E-state index in [2.05, 4.69) is 10.1 Å². The standard InChI is InChI=1S/C17H15N3O2S/c21-15-9-13(11-20(15)10-12-5-2-1-3-6-12)16-18-17(22-19-16)14-7-4-8-23-14/h1-8,13H,9-11H2. The second kappa shape index (κ2) is 5.96. The molecule has 0 N–H and O–H groups in total. The van der Waals surface area contributed by atoms with Crippen LogP contribution in [0, 0.1) is 0 Å². The number of carbonyl (C=O) groups is 1.